The van der Waals surface area contributed by atoms with Crippen LogP contribution in [0.1, 0.15) is 22.5 Å². The molecule has 5 heteroatoms. The number of hydrogen-bond donors (Lipinski definition) is 2. The zero-order valence-corrected chi connectivity index (χ0v) is 15.0. The maximum Gasteiger partial charge on any atom is 0.133 e. The predicted molar refractivity (Wildman–Crippen MR) is 105 cm³/mol. The van der Waals surface area contributed by atoms with Crippen molar-refractivity contribution in [2.45, 2.75) is 31.7 Å². The van der Waals surface area contributed by atoms with E-state index in [9.17, 15) is 0 Å². The Kier molecular flexibility index (Phi) is 4.03. The van der Waals surface area contributed by atoms with Crippen LogP contribution < -0.4 is 5.73 Å². The lowest BCUT2D eigenvalue weighted by Crippen LogP contribution is -2.13. The number of aromatic nitrogens is 3. The molecule has 1 fully saturated rings. The third-order valence-electron chi connectivity index (χ3n) is 5.28. The second-order valence-corrected chi connectivity index (χ2v) is 7.13. The summed E-state index contributed by atoms with van der Waals surface area (Å²) in [7, 11) is 0. The van der Waals surface area contributed by atoms with Gasteiger partial charge < -0.3 is 20.0 Å². The van der Waals surface area contributed by atoms with Crippen LogP contribution in [0.25, 0.3) is 10.9 Å². The molecule has 3 heterocycles. The molecule has 2 aromatic carbocycles. The summed E-state index contributed by atoms with van der Waals surface area (Å²) in [5, 5.41) is 1.23. The van der Waals surface area contributed by atoms with E-state index in [-0.39, 0.29) is 12.3 Å². The first kappa shape index (κ1) is 16.3. The van der Waals surface area contributed by atoms with E-state index in [1.54, 1.807) is 0 Å². The number of benzene rings is 2. The van der Waals surface area contributed by atoms with Gasteiger partial charge in [-0.25, -0.2) is 4.98 Å². The van der Waals surface area contributed by atoms with Crippen LogP contribution in [0.3, 0.4) is 0 Å². The molecule has 1 aliphatic rings. The minimum absolute atomic E-state index is 0.0938. The Morgan fingerprint density at radius 2 is 1.93 bits per heavy atom. The van der Waals surface area contributed by atoms with Crippen molar-refractivity contribution in [3.63, 3.8) is 0 Å². The molecule has 0 bridgehead atoms. The fourth-order valence-electron chi connectivity index (χ4n) is 3.73. The highest BCUT2D eigenvalue weighted by Crippen LogP contribution is 2.26. The van der Waals surface area contributed by atoms with Gasteiger partial charge in [-0.15, -0.1) is 0 Å². The number of hydrogen-bond acceptors (Lipinski definition) is 3. The maximum atomic E-state index is 5.89. The number of rotatable bonds is 6. The lowest BCUT2D eigenvalue weighted by Gasteiger charge is -2.11. The lowest BCUT2D eigenvalue weighted by molar-refractivity contribution is 0.370. The molecule has 0 aliphatic carbocycles. The van der Waals surface area contributed by atoms with Crippen molar-refractivity contribution < 1.29 is 4.74 Å². The van der Waals surface area contributed by atoms with Gasteiger partial charge in [-0.3, -0.25) is 0 Å². The summed E-state index contributed by atoms with van der Waals surface area (Å²) >= 11 is 0. The van der Waals surface area contributed by atoms with Crippen molar-refractivity contribution in [3.8, 4) is 0 Å². The number of epoxide rings is 1. The fourth-order valence-corrected chi connectivity index (χ4v) is 3.73. The average molecular weight is 358 g/mol. The van der Waals surface area contributed by atoms with E-state index in [1.165, 1.54) is 27.7 Å². The first-order valence-corrected chi connectivity index (χ1v) is 9.31. The number of nitrogens with one attached hydrogen (secondary N) is 1. The van der Waals surface area contributed by atoms with Crippen molar-refractivity contribution in [1.82, 2.24) is 14.5 Å². The van der Waals surface area contributed by atoms with Gasteiger partial charge in [0.25, 0.3) is 0 Å². The number of imidazole rings is 1. The normalized spacial score (nSPS) is 18.9. The van der Waals surface area contributed by atoms with Gasteiger partial charge in [0, 0.05) is 24.7 Å². The smallest absolute Gasteiger partial charge is 0.133 e. The summed E-state index contributed by atoms with van der Waals surface area (Å²) < 4.78 is 7.73. The van der Waals surface area contributed by atoms with E-state index in [0.29, 0.717) is 0 Å². The number of nitrogens with two attached hydrogens (primary N) is 1. The van der Waals surface area contributed by atoms with Gasteiger partial charge in [-0.2, -0.15) is 0 Å². The number of aromatic amines is 1. The molecule has 1 saturated heterocycles. The van der Waals surface area contributed by atoms with Gasteiger partial charge in [0.1, 0.15) is 12.3 Å². The molecule has 3 N–H and O–H groups in total. The number of fused-ring (bicyclic) bond motifs is 1. The number of ether oxygens (including phenoxy) is 1. The Morgan fingerprint density at radius 1 is 1.07 bits per heavy atom. The summed E-state index contributed by atoms with van der Waals surface area (Å²) in [4.78, 5) is 8.09. The van der Waals surface area contributed by atoms with E-state index < -0.39 is 0 Å². The minimum Gasteiger partial charge on any atom is -0.361 e. The third kappa shape index (κ3) is 3.27. The van der Waals surface area contributed by atoms with Gasteiger partial charge in [0.15, 0.2) is 0 Å². The number of H-pyrrole nitrogens is 1. The highest BCUT2D eigenvalue weighted by molar-refractivity contribution is 5.82. The molecular formula is C22H22N4O. The molecule has 0 spiro atoms. The average Bonchev–Trinajstić information content (AvgIpc) is 3.06. The zero-order chi connectivity index (χ0) is 18.2. The Balaban J connectivity index is 1.48. The van der Waals surface area contributed by atoms with Crippen molar-refractivity contribution in [2.24, 2.45) is 5.73 Å². The predicted octanol–water partition coefficient (Wildman–Crippen LogP) is 3.23. The van der Waals surface area contributed by atoms with E-state index in [4.69, 9.17) is 15.5 Å². The first-order chi connectivity index (χ1) is 13.3. The first-order valence-electron chi connectivity index (χ1n) is 9.31. The van der Waals surface area contributed by atoms with Gasteiger partial charge in [0.05, 0.1) is 24.1 Å². The molecule has 2 atom stereocenters. The van der Waals surface area contributed by atoms with Crippen LogP contribution in [0.15, 0.2) is 67.1 Å². The van der Waals surface area contributed by atoms with Crippen molar-refractivity contribution in [3.05, 3.63) is 89.6 Å². The van der Waals surface area contributed by atoms with E-state index in [2.05, 4.69) is 58.1 Å². The molecule has 27 heavy (non-hydrogen) atoms. The largest absolute Gasteiger partial charge is 0.361 e. The van der Waals surface area contributed by atoms with E-state index in [0.717, 1.165) is 25.1 Å². The molecule has 1 aliphatic heterocycles. The molecule has 0 radical (unpaired) electrons. The summed E-state index contributed by atoms with van der Waals surface area (Å²) in [6, 6.07) is 19.0. The molecule has 5 rings (SSSR count). The Hall–Kier alpha value is -2.89. The van der Waals surface area contributed by atoms with Gasteiger partial charge >= 0.3 is 0 Å². The van der Waals surface area contributed by atoms with Gasteiger partial charge in [-0.1, -0.05) is 48.5 Å². The Labute approximate surface area is 157 Å². The Bertz CT molecular complexity index is 1070. The standard InChI is InChI=1S/C22H22N4O/c23-22-20(27-22)12-19-18(11-15-5-2-1-3-6-15)25-14-26(19)13-17-8-4-7-16-9-10-24-21(16)17/h1-10,14,20,22,24H,11-13,23H2. The van der Waals surface area contributed by atoms with E-state index >= 15 is 0 Å². The maximum absolute atomic E-state index is 5.89. The quantitative estimate of drug-likeness (QED) is 0.520. The highest BCUT2D eigenvalue weighted by Gasteiger charge is 2.36. The topological polar surface area (TPSA) is 72.2 Å². The summed E-state index contributed by atoms with van der Waals surface area (Å²) in [5.74, 6) is 0. The van der Waals surface area contributed by atoms with Crippen LogP contribution in [-0.4, -0.2) is 26.9 Å². The summed E-state index contributed by atoms with van der Waals surface area (Å²) in [5.41, 5.74) is 11.9. The fraction of sp³-hybridized carbons (Fsp3) is 0.227. The molecule has 0 amide bonds. The van der Waals surface area contributed by atoms with Crippen LogP contribution in [-0.2, 0) is 24.1 Å². The van der Waals surface area contributed by atoms with Crippen molar-refractivity contribution in [1.29, 1.82) is 0 Å². The molecule has 4 aromatic rings. The molecule has 2 aromatic heterocycles. The van der Waals surface area contributed by atoms with Gasteiger partial charge in [-0.05, 0) is 22.6 Å². The highest BCUT2D eigenvalue weighted by atomic mass is 16.6. The van der Waals surface area contributed by atoms with Gasteiger partial charge in [0.2, 0.25) is 0 Å². The third-order valence-corrected chi connectivity index (χ3v) is 5.28. The molecule has 5 nitrogen and oxygen atoms in total. The lowest BCUT2D eigenvalue weighted by atomic mass is 10.1. The SMILES string of the molecule is NC1OC1Cc1c(Cc2ccccc2)ncn1Cc1cccc2cc[nH]c12. The Morgan fingerprint density at radius 3 is 2.74 bits per heavy atom. The molecule has 2 unspecified atom stereocenters. The molecule has 0 saturated carbocycles. The minimum atomic E-state index is -0.148. The summed E-state index contributed by atoms with van der Waals surface area (Å²) in [6.45, 7) is 0.775. The summed E-state index contributed by atoms with van der Waals surface area (Å²) in [6.07, 6.45) is 5.49. The van der Waals surface area contributed by atoms with Crippen molar-refractivity contribution >= 4 is 10.9 Å². The van der Waals surface area contributed by atoms with E-state index in [1.807, 2.05) is 18.6 Å². The van der Waals surface area contributed by atoms with Crippen LogP contribution in [0.4, 0.5) is 0 Å². The van der Waals surface area contributed by atoms with Crippen LogP contribution in [0.5, 0.6) is 0 Å². The monoisotopic (exact) mass is 358 g/mol. The zero-order valence-electron chi connectivity index (χ0n) is 15.0. The second kappa shape index (κ2) is 6.68. The number of nitrogens with zero attached hydrogens (tertiary/aromatic N) is 2. The van der Waals surface area contributed by atoms with Crippen LogP contribution in [0.2, 0.25) is 0 Å². The number of para-hydroxylation sites is 1. The van der Waals surface area contributed by atoms with Crippen molar-refractivity contribution in [2.75, 3.05) is 0 Å². The molecular weight excluding hydrogens is 336 g/mol. The van der Waals surface area contributed by atoms with Crippen LogP contribution in [0, 0.1) is 0 Å². The van der Waals surface area contributed by atoms with Crippen LogP contribution >= 0.6 is 0 Å². The molecule has 136 valence electrons. The second-order valence-electron chi connectivity index (χ2n) is 7.13.